The Kier molecular flexibility index (Phi) is 9.72. The number of morpholine rings is 1. The average molecular weight is 754 g/mol. The molecule has 6 aliphatic rings. The first kappa shape index (κ1) is 39.0. The van der Waals surface area contributed by atoms with Crippen LogP contribution in [0, 0.1) is 57.2 Å². The fourth-order valence-corrected chi connectivity index (χ4v) is 12.6. The highest BCUT2D eigenvalue weighted by Gasteiger charge is 2.72. The third kappa shape index (κ3) is 5.94. The molecule has 12 nitrogen and oxygen atoms in total. The Morgan fingerprint density at radius 3 is 2.30 bits per heavy atom. The number of carbonyl (C=O) groups excluding carboxylic acids is 3. The fourth-order valence-electron chi connectivity index (χ4n) is 12.6. The summed E-state index contributed by atoms with van der Waals surface area (Å²) in [5.41, 5.74) is -2.51. The Bertz CT molecular complexity index is 1790. The Morgan fingerprint density at radius 1 is 0.926 bits per heavy atom. The zero-order chi connectivity index (χ0) is 39.1. The van der Waals surface area contributed by atoms with Crippen LogP contribution in [0.2, 0.25) is 0 Å². The van der Waals surface area contributed by atoms with Gasteiger partial charge in [-0.2, -0.15) is 0 Å². The van der Waals surface area contributed by atoms with Crippen molar-refractivity contribution < 1.29 is 47.3 Å². The van der Waals surface area contributed by atoms with Crippen molar-refractivity contribution in [3.8, 4) is 0 Å². The number of nitrogens with zero attached hydrogens (tertiary/aromatic N) is 1. The summed E-state index contributed by atoms with van der Waals surface area (Å²) >= 11 is 0. The van der Waals surface area contributed by atoms with E-state index in [1.54, 1.807) is 6.92 Å². The van der Waals surface area contributed by atoms with Gasteiger partial charge in [-0.05, 0) is 118 Å². The molecule has 5 aliphatic carbocycles. The topological polar surface area (TPSA) is 163 Å². The summed E-state index contributed by atoms with van der Waals surface area (Å²) in [7, 11) is 0. The predicted molar refractivity (Wildman–Crippen MR) is 195 cm³/mol. The molecule has 7 rings (SSSR count). The van der Waals surface area contributed by atoms with Crippen molar-refractivity contribution in [1.82, 2.24) is 4.90 Å². The molecule has 54 heavy (non-hydrogen) atoms. The summed E-state index contributed by atoms with van der Waals surface area (Å²) in [6.07, 6.45) is 7.39. The summed E-state index contributed by atoms with van der Waals surface area (Å²) in [4.78, 5) is 69.5. The lowest BCUT2D eigenvalue weighted by molar-refractivity contribution is -0.224. The number of esters is 2. The summed E-state index contributed by atoms with van der Waals surface area (Å²) in [5.74, 6) is -2.98. The van der Waals surface area contributed by atoms with E-state index in [0.29, 0.717) is 58.3 Å². The molecule has 298 valence electrons. The number of carboxylic acids is 1. The number of ether oxygens (including phenoxy) is 3. The second kappa shape index (κ2) is 13.5. The lowest BCUT2D eigenvalue weighted by Gasteiger charge is -2.70. The third-order valence-corrected chi connectivity index (χ3v) is 16.3. The molecule has 10 atom stereocenters. The zero-order valence-electron chi connectivity index (χ0n) is 33.2. The number of carboxylic acid groups (broad SMARTS) is 1. The molecule has 12 heteroatoms. The van der Waals surface area contributed by atoms with Crippen molar-refractivity contribution in [3.63, 3.8) is 0 Å². The Morgan fingerprint density at radius 2 is 1.63 bits per heavy atom. The van der Waals surface area contributed by atoms with Crippen molar-refractivity contribution in [3.05, 3.63) is 33.8 Å². The zero-order valence-corrected chi connectivity index (χ0v) is 33.2. The second-order valence-corrected chi connectivity index (χ2v) is 19.1. The van der Waals surface area contributed by atoms with E-state index in [2.05, 4.69) is 32.6 Å². The van der Waals surface area contributed by atoms with Crippen LogP contribution in [0.15, 0.2) is 25.3 Å². The van der Waals surface area contributed by atoms with E-state index < -0.39 is 51.4 Å². The minimum Gasteiger partial charge on any atom is -0.481 e. The lowest BCUT2D eigenvalue weighted by atomic mass is 9.33. The van der Waals surface area contributed by atoms with Crippen molar-refractivity contribution in [1.29, 1.82) is 0 Å². The van der Waals surface area contributed by atoms with Crippen molar-refractivity contribution in [2.75, 3.05) is 32.8 Å². The third-order valence-electron chi connectivity index (χ3n) is 16.3. The SMILES string of the molecule is Cc1oc(=O)oc1COC(=O)[C@]1(C)[C@@H](OC(=O)CCN2CCOCC2)CC[C@@]2(C)[C@H]1CC[C@]1(C)[C@@H]2C(=O)C=C2[C@@H]3C[C@@](C)(C(=O)O)CC[C@]3(C)CC[C@]21C. The molecule has 2 heterocycles. The van der Waals surface area contributed by atoms with Gasteiger partial charge in [0.15, 0.2) is 23.9 Å². The van der Waals surface area contributed by atoms with E-state index in [1.165, 1.54) is 0 Å². The highest BCUT2D eigenvalue weighted by molar-refractivity contribution is 5.96. The van der Waals surface area contributed by atoms with Crippen LogP contribution in [0.4, 0.5) is 0 Å². The summed E-state index contributed by atoms with van der Waals surface area (Å²) in [6.45, 7) is 17.2. The van der Waals surface area contributed by atoms with Gasteiger partial charge in [0.1, 0.15) is 11.5 Å². The van der Waals surface area contributed by atoms with Crippen molar-refractivity contribution in [2.45, 2.75) is 125 Å². The van der Waals surface area contributed by atoms with Gasteiger partial charge in [0.25, 0.3) is 0 Å². The smallest absolute Gasteiger partial charge is 0.481 e. The van der Waals surface area contributed by atoms with Gasteiger partial charge in [-0.15, -0.1) is 0 Å². The number of allylic oxidation sites excluding steroid dienone is 2. The number of aliphatic carboxylic acids is 1. The maximum absolute atomic E-state index is 14.9. The van der Waals surface area contributed by atoms with Gasteiger partial charge in [-0.1, -0.05) is 33.3 Å². The summed E-state index contributed by atoms with van der Waals surface area (Å²) in [5, 5.41) is 10.3. The summed E-state index contributed by atoms with van der Waals surface area (Å²) in [6, 6.07) is 0. The number of hydrogen-bond donors (Lipinski definition) is 1. The number of ketones is 1. The van der Waals surface area contributed by atoms with Gasteiger partial charge in [0, 0.05) is 25.6 Å². The van der Waals surface area contributed by atoms with E-state index in [-0.39, 0.29) is 59.0 Å². The summed E-state index contributed by atoms with van der Waals surface area (Å²) < 4.78 is 27.8. The molecule has 4 saturated carbocycles. The first-order chi connectivity index (χ1) is 25.3. The van der Waals surface area contributed by atoms with Gasteiger partial charge >= 0.3 is 23.7 Å². The van der Waals surface area contributed by atoms with E-state index in [0.717, 1.165) is 37.9 Å². The van der Waals surface area contributed by atoms with Crippen LogP contribution in [-0.2, 0) is 40.0 Å². The molecule has 0 unspecified atom stereocenters. The maximum atomic E-state index is 14.9. The molecular formula is C42H59NO11. The number of rotatable bonds is 8. The first-order valence-corrected chi connectivity index (χ1v) is 20.1. The molecule has 0 spiro atoms. The molecule has 1 aliphatic heterocycles. The second-order valence-electron chi connectivity index (χ2n) is 19.1. The molecule has 0 aromatic carbocycles. The minimum absolute atomic E-state index is 0.00219. The Labute approximate surface area is 317 Å². The van der Waals surface area contributed by atoms with E-state index in [4.69, 9.17) is 23.0 Å². The number of carbonyl (C=O) groups is 4. The molecule has 1 N–H and O–H groups in total. The molecule has 0 bridgehead atoms. The molecule has 1 aromatic heterocycles. The molecule has 1 saturated heterocycles. The highest BCUT2D eigenvalue weighted by Crippen LogP contribution is 2.75. The molecule has 0 radical (unpaired) electrons. The average Bonchev–Trinajstić information content (AvgIpc) is 3.45. The Hall–Kier alpha value is -3.25. The largest absolute Gasteiger partial charge is 0.519 e. The van der Waals surface area contributed by atoms with Gasteiger partial charge in [-0.3, -0.25) is 24.1 Å². The minimum atomic E-state index is -1.30. The standard InChI is InChI=1S/C42H59NO11/c1-25-29(53-36(49)52-25)24-51-35(48)42(7)30-8-12-41(6)33(39(30,4)11-9-31(42)54-32(45)10-17-43-18-20-50-21-19-43)28(44)22-26-27-23-38(3,34(46)47)14-13-37(27,2)15-16-40(26,41)5/h22,27,30-31,33H,8-21,23-24H2,1-7H3,(H,46,47)/t27-,30+,31-,33+,37+,38-,39-,40+,41+,42-/m0/s1. The molecule has 5 fully saturated rings. The van der Waals surface area contributed by atoms with E-state index >= 15 is 0 Å². The van der Waals surface area contributed by atoms with Crippen LogP contribution in [-0.4, -0.2) is 72.6 Å². The fraction of sp³-hybridized carbons (Fsp3) is 0.786. The van der Waals surface area contributed by atoms with Crippen molar-refractivity contribution >= 4 is 23.7 Å². The van der Waals surface area contributed by atoms with Crippen LogP contribution < -0.4 is 5.82 Å². The monoisotopic (exact) mass is 753 g/mol. The van der Waals surface area contributed by atoms with Crippen LogP contribution in [0.1, 0.15) is 117 Å². The van der Waals surface area contributed by atoms with Crippen LogP contribution >= 0.6 is 0 Å². The maximum Gasteiger partial charge on any atom is 0.519 e. The number of hydrogen-bond acceptors (Lipinski definition) is 11. The van der Waals surface area contributed by atoms with E-state index in [1.807, 2.05) is 19.9 Å². The lowest BCUT2D eigenvalue weighted by Crippen LogP contribution is -2.68. The van der Waals surface area contributed by atoms with Gasteiger partial charge < -0.3 is 28.2 Å². The van der Waals surface area contributed by atoms with Crippen molar-refractivity contribution in [2.24, 2.45) is 50.2 Å². The quantitative estimate of drug-likeness (QED) is 0.297. The van der Waals surface area contributed by atoms with Crippen LogP contribution in [0.3, 0.4) is 0 Å². The number of fused-ring (bicyclic) bond motifs is 7. The number of aryl methyl sites for hydroxylation is 1. The van der Waals surface area contributed by atoms with Crippen LogP contribution in [0.5, 0.6) is 0 Å². The first-order valence-electron chi connectivity index (χ1n) is 20.1. The van der Waals surface area contributed by atoms with Gasteiger partial charge in [0.2, 0.25) is 0 Å². The molecule has 1 aromatic rings. The van der Waals surface area contributed by atoms with Crippen LogP contribution in [0.25, 0.3) is 0 Å². The predicted octanol–water partition coefficient (Wildman–Crippen LogP) is 6.26. The van der Waals surface area contributed by atoms with E-state index in [9.17, 15) is 29.1 Å². The normalized spacial score (nSPS) is 42.1. The molecule has 0 amide bonds. The highest BCUT2D eigenvalue weighted by atomic mass is 16.6. The molecular weight excluding hydrogens is 694 g/mol. The Balaban J connectivity index is 1.22. The van der Waals surface area contributed by atoms with Gasteiger partial charge in [-0.25, -0.2) is 4.79 Å². The van der Waals surface area contributed by atoms with Gasteiger partial charge in [0.05, 0.1) is 25.0 Å².